The lowest BCUT2D eigenvalue weighted by molar-refractivity contribution is -0.113. The molecule has 3 heteroatoms. The van der Waals surface area contributed by atoms with Crippen LogP contribution in [0.2, 0.25) is 0 Å². The van der Waals surface area contributed by atoms with Gasteiger partial charge in [0, 0.05) is 17.7 Å². The number of benzene rings is 1. The molecule has 3 nitrogen and oxygen atoms in total. The van der Waals surface area contributed by atoms with Gasteiger partial charge in [-0.15, -0.1) is 0 Å². The smallest absolute Gasteiger partial charge is 0.241 e. The fraction of sp³-hybridized carbons (Fsp3) is 0.0833. The van der Waals surface area contributed by atoms with Gasteiger partial charge in [-0.2, -0.15) is 0 Å². The minimum absolute atomic E-state index is 0.435. The lowest BCUT2D eigenvalue weighted by Gasteiger charge is -1.96. The van der Waals surface area contributed by atoms with Crippen LogP contribution in [0.4, 0.5) is 0 Å². The maximum Gasteiger partial charge on any atom is 0.241 e. The van der Waals surface area contributed by atoms with Crippen LogP contribution < -0.4 is 5.73 Å². The molecule has 1 amide bonds. The van der Waals surface area contributed by atoms with Gasteiger partial charge in [0.05, 0.1) is 5.52 Å². The van der Waals surface area contributed by atoms with E-state index in [9.17, 15) is 4.79 Å². The van der Waals surface area contributed by atoms with E-state index in [1.54, 1.807) is 6.08 Å². The normalized spacial score (nSPS) is 11.3. The average Bonchev–Trinajstić information content (AvgIpc) is 2.58. The van der Waals surface area contributed by atoms with E-state index in [0.29, 0.717) is 0 Å². The highest BCUT2D eigenvalue weighted by atomic mass is 16.1. The highest BCUT2D eigenvalue weighted by molar-refractivity contribution is 5.95. The first kappa shape index (κ1) is 9.52. The molecule has 0 fully saturated rings. The Morgan fingerprint density at radius 2 is 2.27 bits per heavy atom. The summed E-state index contributed by atoms with van der Waals surface area (Å²) in [6.45, 7) is 2.04. The Morgan fingerprint density at radius 3 is 3.00 bits per heavy atom. The SMILES string of the molecule is Cc1c[nH]c2c(/C=C/C(N)=O)cccc12. The van der Waals surface area contributed by atoms with Crippen molar-refractivity contribution in [3.8, 4) is 0 Å². The number of nitrogens with two attached hydrogens (primary N) is 1. The van der Waals surface area contributed by atoms with Gasteiger partial charge in [0.1, 0.15) is 0 Å². The minimum atomic E-state index is -0.435. The molecule has 1 heterocycles. The van der Waals surface area contributed by atoms with E-state index in [0.717, 1.165) is 11.1 Å². The number of para-hydroxylation sites is 1. The third-order valence-electron chi connectivity index (χ3n) is 2.38. The van der Waals surface area contributed by atoms with Crippen LogP contribution >= 0.6 is 0 Å². The predicted octanol–water partition coefficient (Wildman–Crippen LogP) is 1.97. The average molecular weight is 200 g/mol. The van der Waals surface area contributed by atoms with E-state index >= 15 is 0 Å². The molecule has 76 valence electrons. The summed E-state index contributed by atoms with van der Waals surface area (Å²) < 4.78 is 0. The summed E-state index contributed by atoms with van der Waals surface area (Å²) in [7, 11) is 0. The number of carbonyl (C=O) groups is 1. The summed E-state index contributed by atoms with van der Waals surface area (Å²) in [6.07, 6.45) is 5.04. The quantitative estimate of drug-likeness (QED) is 0.715. The Morgan fingerprint density at radius 1 is 1.47 bits per heavy atom. The number of H-pyrrole nitrogens is 1. The Labute approximate surface area is 87.6 Å². The van der Waals surface area contributed by atoms with Crippen molar-refractivity contribution >= 4 is 22.9 Å². The van der Waals surface area contributed by atoms with Gasteiger partial charge < -0.3 is 10.7 Å². The van der Waals surface area contributed by atoms with Gasteiger partial charge in [-0.05, 0) is 24.1 Å². The molecule has 0 aliphatic carbocycles. The largest absolute Gasteiger partial charge is 0.366 e. The Kier molecular flexibility index (Phi) is 2.29. The molecule has 0 atom stereocenters. The van der Waals surface area contributed by atoms with E-state index in [4.69, 9.17) is 5.73 Å². The highest BCUT2D eigenvalue weighted by Gasteiger charge is 2.01. The second kappa shape index (κ2) is 3.61. The molecule has 2 rings (SSSR count). The molecule has 1 aromatic carbocycles. The zero-order valence-electron chi connectivity index (χ0n) is 8.45. The van der Waals surface area contributed by atoms with E-state index in [1.165, 1.54) is 17.0 Å². The molecule has 0 unspecified atom stereocenters. The topological polar surface area (TPSA) is 58.9 Å². The van der Waals surface area contributed by atoms with Gasteiger partial charge in [0.25, 0.3) is 0 Å². The number of aromatic amines is 1. The molecule has 0 radical (unpaired) electrons. The van der Waals surface area contributed by atoms with Crippen LogP contribution in [0, 0.1) is 6.92 Å². The van der Waals surface area contributed by atoms with Gasteiger partial charge in [0.15, 0.2) is 0 Å². The molecule has 0 aliphatic heterocycles. The number of carbonyl (C=O) groups excluding carboxylic acids is 1. The summed E-state index contributed by atoms with van der Waals surface area (Å²) in [6, 6.07) is 5.95. The predicted molar refractivity (Wildman–Crippen MR) is 61.3 cm³/mol. The first-order chi connectivity index (χ1) is 7.18. The fourth-order valence-electron chi connectivity index (χ4n) is 1.63. The number of primary amides is 1. The van der Waals surface area contributed by atoms with Gasteiger partial charge in [-0.3, -0.25) is 4.79 Å². The molecule has 1 aromatic heterocycles. The Balaban J connectivity index is 2.56. The van der Waals surface area contributed by atoms with Crippen molar-refractivity contribution in [3.05, 3.63) is 41.6 Å². The summed E-state index contributed by atoms with van der Waals surface area (Å²) in [5.41, 5.74) is 8.25. The van der Waals surface area contributed by atoms with Crippen molar-refractivity contribution in [2.45, 2.75) is 6.92 Å². The van der Waals surface area contributed by atoms with Crippen LogP contribution in [-0.4, -0.2) is 10.9 Å². The van der Waals surface area contributed by atoms with Gasteiger partial charge in [0.2, 0.25) is 5.91 Å². The van der Waals surface area contributed by atoms with Crippen LogP contribution in [0.25, 0.3) is 17.0 Å². The number of aryl methyl sites for hydroxylation is 1. The second-order valence-corrected chi connectivity index (χ2v) is 3.48. The van der Waals surface area contributed by atoms with Gasteiger partial charge in [-0.1, -0.05) is 18.2 Å². The van der Waals surface area contributed by atoms with Crippen molar-refractivity contribution in [1.82, 2.24) is 4.98 Å². The van der Waals surface area contributed by atoms with Crippen LogP contribution in [0.5, 0.6) is 0 Å². The number of amides is 1. The number of rotatable bonds is 2. The number of aromatic nitrogens is 1. The molecule has 3 N–H and O–H groups in total. The molecule has 0 aliphatic rings. The zero-order chi connectivity index (χ0) is 10.8. The van der Waals surface area contributed by atoms with Gasteiger partial charge >= 0.3 is 0 Å². The molecule has 0 bridgehead atoms. The summed E-state index contributed by atoms with van der Waals surface area (Å²) >= 11 is 0. The lowest BCUT2D eigenvalue weighted by atomic mass is 10.1. The molecule has 15 heavy (non-hydrogen) atoms. The van der Waals surface area contributed by atoms with Crippen LogP contribution in [0.3, 0.4) is 0 Å². The standard InChI is InChI=1S/C12H12N2O/c1-8-7-14-12-9(5-6-11(13)15)3-2-4-10(8)12/h2-7,14H,1H3,(H2,13,15)/b6-5+. The monoisotopic (exact) mass is 200 g/mol. The maximum atomic E-state index is 10.6. The number of hydrogen-bond acceptors (Lipinski definition) is 1. The molecule has 0 saturated carbocycles. The molecular formula is C12H12N2O. The second-order valence-electron chi connectivity index (χ2n) is 3.48. The molecule has 2 aromatic rings. The van der Waals surface area contributed by atoms with Crippen LogP contribution in [0.15, 0.2) is 30.5 Å². The van der Waals surface area contributed by atoms with E-state index in [-0.39, 0.29) is 0 Å². The van der Waals surface area contributed by atoms with Crippen molar-refractivity contribution < 1.29 is 4.79 Å². The number of nitrogens with one attached hydrogen (secondary N) is 1. The maximum absolute atomic E-state index is 10.6. The van der Waals surface area contributed by atoms with E-state index in [1.807, 2.05) is 31.3 Å². The number of fused-ring (bicyclic) bond motifs is 1. The van der Waals surface area contributed by atoms with Crippen molar-refractivity contribution in [2.24, 2.45) is 5.73 Å². The third-order valence-corrected chi connectivity index (χ3v) is 2.38. The summed E-state index contributed by atoms with van der Waals surface area (Å²) in [5.74, 6) is -0.435. The Bertz CT molecular complexity index is 538. The van der Waals surface area contributed by atoms with E-state index in [2.05, 4.69) is 4.98 Å². The molecule has 0 spiro atoms. The molecule has 0 saturated heterocycles. The van der Waals surface area contributed by atoms with Gasteiger partial charge in [-0.25, -0.2) is 0 Å². The fourth-order valence-corrected chi connectivity index (χ4v) is 1.63. The molecular weight excluding hydrogens is 188 g/mol. The minimum Gasteiger partial charge on any atom is -0.366 e. The van der Waals surface area contributed by atoms with E-state index < -0.39 is 5.91 Å². The Hall–Kier alpha value is -2.03. The van der Waals surface area contributed by atoms with Crippen molar-refractivity contribution in [1.29, 1.82) is 0 Å². The third kappa shape index (κ3) is 1.76. The first-order valence-electron chi connectivity index (χ1n) is 4.72. The number of hydrogen-bond donors (Lipinski definition) is 2. The zero-order valence-corrected chi connectivity index (χ0v) is 8.45. The lowest BCUT2D eigenvalue weighted by Crippen LogP contribution is -2.05. The first-order valence-corrected chi connectivity index (χ1v) is 4.72. The summed E-state index contributed by atoms with van der Waals surface area (Å²) in [5, 5.41) is 1.17. The van der Waals surface area contributed by atoms with Crippen LogP contribution in [0.1, 0.15) is 11.1 Å². The highest BCUT2D eigenvalue weighted by Crippen LogP contribution is 2.21. The van der Waals surface area contributed by atoms with Crippen molar-refractivity contribution in [3.63, 3.8) is 0 Å². The van der Waals surface area contributed by atoms with Crippen LogP contribution in [-0.2, 0) is 4.79 Å². The van der Waals surface area contributed by atoms with Crippen molar-refractivity contribution in [2.75, 3.05) is 0 Å². The summed E-state index contributed by atoms with van der Waals surface area (Å²) in [4.78, 5) is 13.8.